The van der Waals surface area contributed by atoms with Crippen LogP contribution in [0.3, 0.4) is 0 Å². The minimum Gasteiger partial charge on any atom is -0.455 e. The van der Waals surface area contributed by atoms with Gasteiger partial charge in [-0.25, -0.2) is 0 Å². The summed E-state index contributed by atoms with van der Waals surface area (Å²) in [5, 5.41) is 8.90. The van der Waals surface area contributed by atoms with Crippen molar-refractivity contribution in [1.82, 2.24) is 0 Å². The van der Waals surface area contributed by atoms with Crippen molar-refractivity contribution in [1.29, 1.82) is 5.26 Å². The van der Waals surface area contributed by atoms with Crippen LogP contribution in [0.5, 0.6) is 0 Å². The number of esters is 1. The van der Waals surface area contributed by atoms with Crippen LogP contribution in [0, 0.1) is 28.6 Å². The Labute approximate surface area is 170 Å². The van der Waals surface area contributed by atoms with Crippen LogP contribution >= 0.6 is 11.6 Å². The minimum absolute atomic E-state index is 0.219. The highest BCUT2D eigenvalue weighted by Gasteiger charge is 2.60. The van der Waals surface area contributed by atoms with E-state index >= 15 is 0 Å². The molecule has 0 radical (unpaired) electrons. The monoisotopic (exact) mass is 400 g/mol. The summed E-state index contributed by atoms with van der Waals surface area (Å²) in [6.45, 7) is -0.0253. The van der Waals surface area contributed by atoms with Crippen LogP contribution in [0.25, 0.3) is 0 Å². The normalized spacial score (nSPS) is 32.6. The zero-order valence-electron chi connectivity index (χ0n) is 15.9. The first kappa shape index (κ1) is 19.3. The van der Waals surface area contributed by atoms with Crippen LogP contribution in [0.15, 0.2) is 30.3 Å². The van der Waals surface area contributed by atoms with Gasteiger partial charge in [-0.15, -0.1) is 11.6 Å². The Morgan fingerprint density at radius 3 is 2.46 bits per heavy atom. The molecule has 0 aromatic heterocycles. The second-order valence-electron chi connectivity index (χ2n) is 8.76. The molecule has 0 spiro atoms. The molecule has 4 fully saturated rings. The van der Waals surface area contributed by atoms with Gasteiger partial charge >= 0.3 is 5.97 Å². The van der Waals surface area contributed by atoms with Crippen LogP contribution in [-0.2, 0) is 14.3 Å². The lowest BCUT2D eigenvalue weighted by atomic mass is 9.49. The molecule has 5 rings (SSSR count). The van der Waals surface area contributed by atoms with Gasteiger partial charge in [0, 0.05) is 17.1 Å². The van der Waals surface area contributed by atoms with Gasteiger partial charge in [-0.1, -0.05) is 18.2 Å². The quantitative estimate of drug-likeness (QED) is 0.533. The van der Waals surface area contributed by atoms with Gasteiger partial charge in [-0.05, 0) is 62.5 Å². The van der Waals surface area contributed by atoms with Gasteiger partial charge in [-0.3, -0.25) is 9.59 Å². The fraction of sp³-hybridized carbons (Fsp3) is 0.591. The second kappa shape index (κ2) is 7.40. The molecule has 4 bridgehead atoms. The first-order chi connectivity index (χ1) is 13.4. The molecule has 5 nitrogen and oxygen atoms in total. The highest BCUT2D eigenvalue weighted by atomic mass is 35.5. The smallest absolute Gasteiger partial charge is 0.312 e. The van der Waals surface area contributed by atoms with E-state index in [2.05, 4.69) is 6.07 Å². The highest BCUT2D eigenvalue weighted by Crippen LogP contribution is 2.64. The Balaban J connectivity index is 1.42. The van der Waals surface area contributed by atoms with Crippen LogP contribution in [0.4, 0.5) is 5.69 Å². The summed E-state index contributed by atoms with van der Waals surface area (Å²) in [6.07, 6.45) is 5.71. The zero-order valence-corrected chi connectivity index (χ0v) is 16.7. The third kappa shape index (κ3) is 3.63. The Morgan fingerprint density at radius 2 is 1.86 bits per heavy atom. The molecule has 0 saturated heterocycles. The number of para-hydroxylation sites is 1. The van der Waals surface area contributed by atoms with Crippen molar-refractivity contribution < 1.29 is 14.3 Å². The van der Waals surface area contributed by atoms with Crippen LogP contribution in [-0.4, -0.2) is 29.9 Å². The topological polar surface area (TPSA) is 70.4 Å². The number of alkyl halides is 1. The Bertz CT molecular complexity index is 790. The largest absolute Gasteiger partial charge is 0.455 e. The maximum absolute atomic E-state index is 13.0. The van der Waals surface area contributed by atoms with Gasteiger partial charge in [0.15, 0.2) is 6.61 Å². The molecule has 4 saturated carbocycles. The molecule has 28 heavy (non-hydrogen) atoms. The number of anilines is 1. The van der Waals surface area contributed by atoms with E-state index in [1.165, 1.54) is 11.3 Å². The standard InChI is InChI=1S/C22H25ClN2O3/c23-22-12-16-9-17(13-22)11-21(10-16,15-22)20(27)28-14-19(26)25(8-4-7-24)18-5-2-1-3-6-18/h1-3,5-6,16-17H,4,8-15H2/t16-,17-,21?,22?/m1/s1. The van der Waals surface area contributed by atoms with Crippen LogP contribution in [0.1, 0.15) is 44.9 Å². The average molecular weight is 401 g/mol. The predicted octanol–water partition coefficient (Wildman–Crippen LogP) is 4.05. The summed E-state index contributed by atoms with van der Waals surface area (Å²) in [5.41, 5.74) is 0.185. The van der Waals surface area contributed by atoms with Crippen molar-refractivity contribution in [3.8, 4) is 6.07 Å². The minimum atomic E-state index is -0.518. The predicted molar refractivity (Wildman–Crippen MR) is 106 cm³/mol. The molecule has 0 N–H and O–H groups in total. The van der Waals surface area contributed by atoms with Crippen molar-refractivity contribution in [2.75, 3.05) is 18.1 Å². The fourth-order valence-electron chi connectivity index (χ4n) is 5.92. The summed E-state index contributed by atoms with van der Waals surface area (Å²) >= 11 is 6.80. The van der Waals surface area contributed by atoms with Crippen molar-refractivity contribution in [3.63, 3.8) is 0 Å². The van der Waals surface area contributed by atoms with E-state index in [4.69, 9.17) is 21.6 Å². The maximum Gasteiger partial charge on any atom is 0.312 e. The van der Waals surface area contributed by atoms with Gasteiger partial charge in [0.05, 0.1) is 17.9 Å². The fourth-order valence-corrected chi connectivity index (χ4v) is 6.61. The Morgan fingerprint density at radius 1 is 1.18 bits per heavy atom. The van der Waals surface area contributed by atoms with Crippen LogP contribution in [0.2, 0.25) is 0 Å². The summed E-state index contributed by atoms with van der Waals surface area (Å²) < 4.78 is 5.54. The number of ether oxygens (including phenoxy) is 1. The number of benzene rings is 1. The molecule has 0 unspecified atom stereocenters. The number of rotatable bonds is 6. The van der Waals surface area contributed by atoms with Crippen molar-refractivity contribution >= 4 is 29.2 Å². The molecule has 1 amide bonds. The van der Waals surface area contributed by atoms with Gasteiger partial charge < -0.3 is 9.64 Å². The van der Waals surface area contributed by atoms with E-state index in [1.807, 2.05) is 30.3 Å². The summed E-state index contributed by atoms with van der Waals surface area (Å²) in [4.78, 5) is 27.0. The molecule has 1 aromatic carbocycles. The second-order valence-corrected chi connectivity index (χ2v) is 9.56. The Kier molecular flexibility index (Phi) is 5.09. The molecule has 2 atom stereocenters. The number of nitriles is 1. The first-order valence-electron chi connectivity index (χ1n) is 10.0. The number of nitrogens with zero attached hydrogens (tertiary/aromatic N) is 2. The number of carbonyl (C=O) groups is 2. The van der Waals surface area contributed by atoms with Gasteiger partial charge in [0.25, 0.3) is 5.91 Å². The molecule has 0 heterocycles. The number of hydrogen-bond donors (Lipinski definition) is 0. The lowest BCUT2D eigenvalue weighted by molar-refractivity contribution is -0.171. The molecule has 0 aliphatic heterocycles. The van der Waals surface area contributed by atoms with E-state index in [-0.39, 0.29) is 36.3 Å². The molecule has 6 heteroatoms. The SMILES string of the molecule is N#CCCN(C(=O)COC(=O)C12C[C@H]3C[C@@H](CC(Cl)(C3)C1)C2)c1ccccc1. The summed E-state index contributed by atoms with van der Waals surface area (Å²) in [7, 11) is 0. The van der Waals surface area contributed by atoms with E-state index in [0.717, 1.165) is 25.7 Å². The number of carbonyl (C=O) groups excluding carboxylic acids is 2. The number of halogens is 1. The van der Waals surface area contributed by atoms with E-state index in [1.54, 1.807) is 0 Å². The van der Waals surface area contributed by atoms with Gasteiger partial charge in [0.2, 0.25) is 0 Å². The van der Waals surface area contributed by atoms with E-state index in [0.29, 0.717) is 23.9 Å². The molecule has 4 aliphatic rings. The third-order valence-corrected chi connectivity index (χ3v) is 7.01. The van der Waals surface area contributed by atoms with Gasteiger partial charge in [0.1, 0.15) is 0 Å². The van der Waals surface area contributed by atoms with E-state index in [9.17, 15) is 9.59 Å². The molecular formula is C22H25ClN2O3. The summed E-state index contributed by atoms with van der Waals surface area (Å²) in [6, 6.07) is 11.2. The molecular weight excluding hydrogens is 376 g/mol. The third-order valence-electron chi connectivity index (χ3n) is 6.57. The molecule has 1 aromatic rings. The Hall–Kier alpha value is -2.06. The van der Waals surface area contributed by atoms with Crippen LogP contribution < -0.4 is 4.90 Å². The average Bonchev–Trinajstić information content (AvgIpc) is 2.65. The van der Waals surface area contributed by atoms with Gasteiger partial charge in [-0.2, -0.15) is 5.26 Å². The zero-order chi connectivity index (χ0) is 19.8. The molecule has 4 aliphatic carbocycles. The van der Waals surface area contributed by atoms with E-state index < -0.39 is 5.41 Å². The van der Waals surface area contributed by atoms with Crippen molar-refractivity contribution in [2.45, 2.75) is 49.8 Å². The lowest BCUT2D eigenvalue weighted by Gasteiger charge is -2.58. The number of amides is 1. The van der Waals surface area contributed by atoms with Crippen molar-refractivity contribution in [2.24, 2.45) is 17.3 Å². The first-order valence-corrected chi connectivity index (χ1v) is 10.4. The highest BCUT2D eigenvalue weighted by molar-refractivity contribution is 6.24. The molecule has 148 valence electrons. The maximum atomic E-state index is 13.0. The number of hydrogen-bond acceptors (Lipinski definition) is 4. The lowest BCUT2D eigenvalue weighted by Crippen LogP contribution is -2.56. The summed E-state index contributed by atoms with van der Waals surface area (Å²) in [5.74, 6) is 0.422. The van der Waals surface area contributed by atoms with Crippen molar-refractivity contribution in [3.05, 3.63) is 30.3 Å².